The van der Waals surface area contributed by atoms with Crippen LogP contribution in [0.2, 0.25) is 0 Å². The third-order valence-electron chi connectivity index (χ3n) is 4.11. The average Bonchev–Trinajstić information content (AvgIpc) is 1.75. The van der Waals surface area contributed by atoms with Gasteiger partial charge in [-0.05, 0) is 50.4 Å². The van der Waals surface area contributed by atoms with E-state index in [4.69, 9.17) is 11.5 Å². The zero-order valence-corrected chi connectivity index (χ0v) is 7.47. The van der Waals surface area contributed by atoms with Gasteiger partial charge in [-0.2, -0.15) is 0 Å². The molecule has 0 heterocycles. The zero-order valence-electron chi connectivity index (χ0n) is 7.47. The fraction of sp³-hybridized carbons (Fsp3) is 1.00. The van der Waals surface area contributed by atoms with E-state index in [2.05, 4.69) is 0 Å². The fourth-order valence-electron chi connectivity index (χ4n) is 4.33. The molecule has 2 atom stereocenters. The molecule has 4 fully saturated rings. The lowest BCUT2D eigenvalue weighted by Crippen LogP contribution is -2.63. The molecule has 4 aliphatic carbocycles. The summed E-state index contributed by atoms with van der Waals surface area (Å²) in [4.78, 5) is 0. The maximum atomic E-state index is 8.26. The van der Waals surface area contributed by atoms with Crippen molar-refractivity contribution in [3.63, 3.8) is 0 Å². The predicted molar refractivity (Wildman–Crippen MR) is 47.4 cm³/mol. The topological polar surface area (TPSA) is 49.8 Å². The zero-order chi connectivity index (χ0) is 8.40. The normalized spacial score (nSPS) is 62.5. The van der Waals surface area contributed by atoms with Gasteiger partial charge < -0.3 is 5.73 Å². The Kier molecular flexibility index (Phi) is 1.15. The summed E-state index contributed by atoms with van der Waals surface area (Å²) < 4.78 is 0. The standard InChI is InChI=1S/C10H17N2/c11-9-2-7-1-8(4-9)5-10(12,3-7)6-9/h7-8,11H,1-6,12H2. The summed E-state index contributed by atoms with van der Waals surface area (Å²) in [5.74, 6) is 1.60. The molecule has 0 aromatic rings. The second-order valence-corrected chi connectivity index (χ2v) is 5.60. The average molecular weight is 165 g/mol. The van der Waals surface area contributed by atoms with Gasteiger partial charge in [0.15, 0.2) is 0 Å². The van der Waals surface area contributed by atoms with E-state index in [1.54, 1.807) is 0 Å². The summed E-state index contributed by atoms with van der Waals surface area (Å²) in [5.41, 5.74) is 14.5. The van der Waals surface area contributed by atoms with Gasteiger partial charge in [-0.1, -0.05) is 0 Å². The molecule has 4 saturated carbocycles. The lowest BCUT2D eigenvalue weighted by Gasteiger charge is -2.59. The quantitative estimate of drug-likeness (QED) is 0.578. The molecule has 0 aliphatic heterocycles. The SMILES string of the molecule is [NH]C12CC3CC(C1)CC(N)(C3)C2. The Morgan fingerprint density at radius 1 is 1.08 bits per heavy atom. The number of nitrogens with one attached hydrogen (secondary N) is 1. The summed E-state index contributed by atoms with van der Waals surface area (Å²) in [5, 5.41) is 0. The van der Waals surface area contributed by atoms with Crippen LogP contribution in [0.3, 0.4) is 0 Å². The molecule has 2 nitrogen and oxygen atoms in total. The van der Waals surface area contributed by atoms with Crippen LogP contribution < -0.4 is 11.5 Å². The van der Waals surface area contributed by atoms with Gasteiger partial charge in [-0.15, -0.1) is 0 Å². The van der Waals surface area contributed by atoms with Crippen LogP contribution in [0.4, 0.5) is 0 Å². The third kappa shape index (κ3) is 0.882. The van der Waals surface area contributed by atoms with Crippen LogP contribution in [0, 0.1) is 11.8 Å². The van der Waals surface area contributed by atoms with Crippen LogP contribution in [0.15, 0.2) is 0 Å². The van der Waals surface area contributed by atoms with E-state index in [9.17, 15) is 0 Å². The molecule has 0 aromatic heterocycles. The van der Waals surface area contributed by atoms with Crippen molar-refractivity contribution in [3.8, 4) is 0 Å². The number of nitrogens with two attached hydrogens (primary N) is 1. The van der Waals surface area contributed by atoms with Crippen LogP contribution in [0.25, 0.3) is 0 Å². The Bertz CT molecular complexity index is 190. The molecule has 4 aliphatic rings. The molecule has 4 rings (SSSR count). The molecular formula is C10H17N2. The van der Waals surface area contributed by atoms with Crippen LogP contribution in [0.5, 0.6) is 0 Å². The summed E-state index contributed by atoms with van der Waals surface area (Å²) in [7, 11) is 0. The minimum Gasteiger partial charge on any atom is -0.325 e. The molecule has 0 aromatic carbocycles. The van der Waals surface area contributed by atoms with Crippen molar-refractivity contribution < 1.29 is 0 Å². The summed E-state index contributed by atoms with van der Waals surface area (Å²) in [6.45, 7) is 0. The largest absolute Gasteiger partial charge is 0.325 e. The van der Waals surface area contributed by atoms with Crippen LogP contribution in [-0.4, -0.2) is 11.1 Å². The highest BCUT2D eigenvalue weighted by Crippen LogP contribution is 2.56. The second-order valence-electron chi connectivity index (χ2n) is 5.60. The van der Waals surface area contributed by atoms with Gasteiger partial charge in [0.1, 0.15) is 0 Å². The Morgan fingerprint density at radius 2 is 1.67 bits per heavy atom. The predicted octanol–water partition coefficient (Wildman–Crippen LogP) is 1.32. The van der Waals surface area contributed by atoms with E-state index < -0.39 is 0 Å². The summed E-state index contributed by atoms with van der Waals surface area (Å²) in [6.07, 6.45) is 7.06. The van der Waals surface area contributed by atoms with Gasteiger partial charge in [-0.3, -0.25) is 5.73 Å². The van der Waals surface area contributed by atoms with Crippen LogP contribution in [0.1, 0.15) is 38.5 Å². The van der Waals surface area contributed by atoms with Crippen molar-refractivity contribution in [2.45, 2.75) is 49.6 Å². The van der Waals surface area contributed by atoms with E-state index in [1.165, 1.54) is 19.3 Å². The van der Waals surface area contributed by atoms with E-state index >= 15 is 0 Å². The molecule has 0 spiro atoms. The van der Waals surface area contributed by atoms with Crippen LogP contribution >= 0.6 is 0 Å². The fourth-order valence-corrected chi connectivity index (χ4v) is 4.33. The smallest absolute Gasteiger partial charge is 0.0346 e. The maximum Gasteiger partial charge on any atom is 0.0346 e. The molecule has 3 N–H and O–H groups in total. The maximum absolute atomic E-state index is 8.26. The first-order chi connectivity index (χ1) is 5.57. The molecular weight excluding hydrogens is 148 g/mol. The number of rotatable bonds is 0. The highest BCUT2D eigenvalue weighted by molar-refractivity contribution is 5.12. The monoisotopic (exact) mass is 165 g/mol. The molecule has 4 bridgehead atoms. The van der Waals surface area contributed by atoms with Crippen LogP contribution in [-0.2, 0) is 0 Å². The van der Waals surface area contributed by atoms with Gasteiger partial charge >= 0.3 is 0 Å². The van der Waals surface area contributed by atoms with Gasteiger partial charge in [0, 0.05) is 11.1 Å². The molecule has 1 radical (unpaired) electrons. The van der Waals surface area contributed by atoms with Crippen molar-refractivity contribution in [2.24, 2.45) is 17.6 Å². The molecule has 2 unspecified atom stereocenters. The minimum absolute atomic E-state index is 0.0752. The van der Waals surface area contributed by atoms with Crippen molar-refractivity contribution in [1.29, 1.82) is 0 Å². The highest BCUT2D eigenvalue weighted by Gasteiger charge is 2.54. The van der Waals surface area contributed by atoms with E-state index in [-0.39, 0.29) is 11.1 Å². The van der Waals surface area contributed by atoms with Crippen molar-refractivity contribution in [1.82, 2.24) is 5.73 Å². The Labute approximate surface area is 73.7 Å². The van der Waals surface area contributed by atoms with Crippen molar-refractivity contribution in [3.05, 3.63) is 0 Å². The Morgan fingerprint density at radius 3 is 2.08 bits per heavy atom. The minimum atomic E-state index is -0.112. The lowest BCUT2D eigenvalue weighted by molar-refractivity contribution is -0.0208. The van der Waals surface area contributed by atoms with Gasteiger partial charge in [0.25, 0.3) is 0 Å². The molecule has 12 heavy (non-hydrogen) atoms. The van der Waals surface area contributed by atoms with E-state index in [0.29, 0.717) is 0 Å². The van der Waals surface area contributed by atoms with E-state index in [0.717, 1.165) is 31.1 Å². The van der Waals surface area contributed by atoms with Gasteiger partial charge in [-0.25, -0.2) is 0 Å². The number of hydrogen-bond acceptors (Lipinski definition) is 1. The molecule has 0 amide bonds. The molecule has 67 valence electrons. The third-order valence-corrected chi connectivity index (χ3v) is 4.11. The lowest BCUT2D eigenvalue weighted by atomic mass is 9.50. The van der Waals surface area contributed by atoms with Gasteiger partial charge in [0.05, 0.1) is 0 Å². The highest BCUT2D eigenvalue weighted by atomic mass is 14.9. The Hall–Kier alpha value is -0.0800. The van der Waals surface area contributed by atoms with Crippen molar-refractivity contribution in [2.75, 3.05) is 0 Å². The van der Waals surface area contributed by atoms with Crippen molar-refractivity contribution >= 4 is 0 Å². The second kappa shape index (κ2) is 1.88. The molecule has 2 heteroatoms. The first-order valence-corrected chi connectivity index (χ1v) is 5.11. The van der Waals surface area contributed by atoms with E-state index in [1.807, 2.05) is 0 Å². The first kappa shape index (κ1) is 7.34. The van der Waals surface area contributed by atoms with Gasteiger partial charge in [0.2, 0.25) is 0 Å². The first-order valence-electron chi connectivity index (χ1n) is 5.11. The molecule has 0 saturated heterocycles. The summed E-state index contributed by atoms with van der Waals surface area (Å²) >= 11 is 0. The Balaban J connectivity index is 1.98. The number of hydrogen-bond donors (Lipinski definition) is 1. The summed E-state index contributed by atoms with van der Waals surface area (Å²) in [6, 6.07) is 0.